The summed E-state index contributed by atoms with van der Waals surface area (Å²) in [4.78, 5) is 1.17. The monoisotopic (exact) mass is 577 g/mol. The molecule has 0 bridgehead atoms. The van der Waals surface area contributed by atoms with E-state index in [-0.39, 0.29) is 5.56 Å². The van der Waals surface area contributed by atoms with E-state index in [2.05, 4.69) is 37.2 Å². The molecule has 4 rings (SSSR count). The first-order chi connectivity index (χ1) is 17.9. The second-order valence-corrected chi connectivity index (χ2v) is 12.7. The minimum Gasteiger partial charge on any atom is -0.456 e. The molecule has 0 atom stereocenters. The van der Waals surface area contributed by atoms with Crippen LogP contribution in [-0.4, -0.2) is 47.6 Å². The minimum atomic E-state index is -4.83. The van der Waals surface area contributed by atoms with E-state index in [4.69, 9.17) is 15.1 Å². The number of anilines is 1. The fourth-order valence-electron chi connectivity index (χ4n) is 4.80. The zero-order valence-corrected chi connectivity index (χ0v) is 24.0. The predicted molar refractivity (Wildman–Crippen MR) is 151 cm³/mol. The lowest BCUT2D eigenvalue weighted by Gasteiger charge is -2.22. The molecule has 1 aliphatic carbocycles. The molecule has 2 aromatic rings. The highest BCUT2D eigenvalue weighted by Crippen LogP contribution is 2.43. The number of nitrogens with zero attached hydrogens (tertiary/aromatic N) is 2. The molecule has 0 amide bonds. The van der Waals surface area contributed by atoms with Gasteiger partial charge in [-0.2, -0.15) is 8.42 Å². The average Bonchev–Trinajstić information content (AvgIpc) is 2.87. The zero-order chi connectivity index (χ0) is 27.8. The van der Waals surface area contributed by atoms with Crippen molar-refractivity contribution >= 4 is 46.5 Å². The van der Waals surface area contributed by atoms with Gasteiger partial charge in [-0.15, -0.1) is 0 Å². The van der Waals surface area contributed by atoms with Crippen LogP contribution in [0.3, 0.4) is 0 Å². The Morgan fingerprint density at radius 3 is 2.11 bits per heavy atom. The third kappa shape index (κ3) is 5.31. The fourth-order valence-corrected chi connectivity index (χ4v) is 6.38. The maximum atomic E-state index is 12.5. The van der Waals surface area contributed by atoms with Crippen molar-refractivity contribution in [2.75, 3.05) is 31.1 Å². The lowest BCUT2D eigenvalue weighted by atomic mass is 9.93. The summed E-state index contributed by atoms with van der Waals surface area (Å²) in [6.07, 6.45) is 0. The lowest BCUT2D eigenvalue weighted by molar-refractivity contribution is 0.483. The van der Waals surface area contributed by atoms with E-state index in [9.17, 15) is 21.4 Å². The van der Waals surface area contributed by atoms with Gasteiger partial charge in [0.05, 0.1) is 11.0 Å². The molecule has 8 nitrogen and oxygen atoms in total. The summed E-state index contributed by atoms with van der Waals surface area (Å²) < 4.78 is 67.6. The van der Waals surface area contributed by atoms with Gasteiger partial charge in [0.25, 0.3) is 19.2 Å². The van der Waals surface area contributed by atoms with E-state index in [0.29, 0.717) is 27.9 Å². The Labute approximate surface area is 227 Å². The summed E-state index contributed by atoms with van der Waals surface area (Å²) in [6.45, 7) is 11.4. The van der Waals surface area contributed by atoms with E-state index in [1.54, 1.807) is 0 Å². The van der Waals surface area contributed by atoms with Gasteiger partial charge < -0.3 is 9.32 Å². The summed E-state index contributed by atoms with van der Waals surface area (Å²) >= 11 is 0. The van der Waals surface area contributed by atoms with Crippen LogP contribution < -0.4 is 14.8 Å². The summed E-state index contributed by atoms with van der Waals surface area (Å²) in [5.74, 6) is 0.518. The van der Waals surface area contributed by atoms with Gasteiger partial charge in [-0.25, -0.2) is 13.0 Å². The number of fused-ring (bicyclic) bond motifs is 2. The van der Waals surface area contributed by atoms with Crippen molar-refractivity contribution in [1.29, 1.82) is 0 Å². The van der Waals surface area contributed by atoms with Gasteiger partial charge in [0.1, 0.15) is 29.3 Å². The van der Waals surface area contributed by atoms with Gasteiger partial charge in [0.2, 0.25) is 5.36 Å². The van der Waals surface area contributed by atoms with Gasteiger partial charge in [0.15, 0.2) is 0 Å². The SMILES string of the molecule is CCN(CC)c1ccc2c(-c3ccc(S(=O)(=O)Cl)cc3S(=O)(=O)O)c3ccc(=[N+](CC)CC)cc-3oc2c1. The van der Waals surface area contributed by atoms with E-state index < -0.39 is 29.0 Å². The van der Waals surface area contributed by atoms with Crippen LogP contribution in [-0.2, 0) is 19.2 Å². The quantitative estimate of drug-likeness (QED) is 0.135. The summed E-state index contributed by atoms with van der Waals surface area (Å²) in [6, 6.07) is 14.8. The standard InChI is InChI=1S/C27H29ClN2O6S2/c1-5-29(6-2)18-9-12-21-24(15-18)36-25-16-19(30(7-3)8-4)10-13-22(25)27(21)23-14-11-20(37(28,31)32)17-26(23)38(33,34)35/h9-17H,5-8H2,1-4H3/p+1. The molecule has 0 unspecified atom stereocenters. The number of benzene rings is 3. The first kappa shape index (κ1) is 28.1. The number of halogens is 1. The molecule has 11 heteroatoms. The molecule has 1 aliphatic heterocycles. The molecule has 38 heavy (non-hydrogen) atoms. The van der Waals surface area contributed by atoms with Gasteiger partial charge >= 0.3 is 0 Å². The van der Waals surface area contributed by atoms with Crippen molar-refractivity contribution in [3.63, 3.8) is 0 Å². The molecule has 2 aliphatic rings. The van der Waals surface area contributed by atoms with Crippen molar-refractivity contribution in [1.82, 2.24) is 4.58 Å². The summed E-state index contributed by atoms with van der Waals surface area (Å²) in [5.41, 5.74) is 2.69. The van der Waals surface area contributed by atoms with Crippen molar-refractivity contribution in [2.45, 2.75) is 37.5 Å². The highest BCUT2D eigenvalue weighted by atomic mass is 35.7. The molecule has 1 N–H and O–H groups in total. The maximum absolute atomic E-state index is 12.5. The van der Waals surface area contributed by atoms with Crippen LogP contribution in [0.25, 0.3) is 33.4 Å². The average molecular weight is 578 g/mol. The van der Waals surface area contributed by atoms with Crippen LogP contribution in [0.5, 0.6) is 0 Å². The van der Waals surface area contributed by atoms with Crippen LogP contribution in [0.15, 0.2) is 68.8 Å². The molecule has 0 fully saturated rings. The third-order valence-electron chi connectivity index (χ3n) is 6.73. The van der Waals surface area contributed by atoms with Crippen molar-refractivity contribution in [3.05, 3.63) is 60.0 Å². The summed E-state index contributed by atoms with van der Waals surface area (Å²) in [7, 11) is -3.59. The van der Waals surface area contributed by atoms with Crippen molar-refractivity contribution in [2.24, 2.45) is 0 Å². The molecule has 0 radical (unpaired) electrons. The Kier molecular flexibility index (Phi) is 7.90. The maximum Gasteiger partial charge on any atom is 0.295 e. The van der Waals surface area contributed by atoms with Crippen LogP contribution in [0.4, 0.5) is 5.69 Å². The minimum absolute atomic E-state index is 0.133. The Balaban J connectivity index is 2.19. The molecule has 2 aromatic carbocycles. The van der Waals surface area contributed by atoms with E-state index in [1.165, 1.54) is 12.1 Å². The van der Waals surface area contributed by atoms with Gasteiger partial charge in [-0.05, 0) is 58.0 Å². The van der Waals surface area contributed by atoms with E-state index in [1.807, 2.05) is 36.4 Å². The highest BCUT2D eigenvalue weighted by Gasteiger charge is 2.26. The van der Waals surface area contributed by atoms with Crippen LogP contribution in [0.2, 0.25) is 0 Å². The smallest absolute Gasteiger partial charge is 0.295 e. The Morgan fingerprint density at radius 1 is 0.868 bits per heavy atom. The molecule has 0 spiro atoms. The Bertz CT molecular complexity index is 1770. The lowest BCUT2D eigenvalue weighted by Crippen LogP contribution is -2.29. The number of rotatable bonds is 8. The second kappa shape index (κ2) is 10.7. The molecule has 0 aromatic heterocycles. The highest BCUT2D eigenvalue weighted by molar-refractivity contribution is 8.13. The van der Waals surface area contributed by atoms with Crippen LogP contribution >= 0.6 is 10.7 Å². The topological polar surface area (TPSA) is 108 Å². The van der Waals surface area contributed by atoms with Gasteiger partial charge in [-0.3, -0.25) is 4.55 Å². The van der Waals surface area contributed by atoms with Crippen LogP contribution in [0, 0.1) is 0 Å². The largest absolute Gasteiger partial charge is 0.456 e. The zero-order valence-electron chi connectivity index (χ0n) is 21.6. The molecule has 0 saturated carbocycles. The molecular weight excluding hydrogens is 548 g/mol. The molecule has 0 saturated heterocycles. The van der Waals surface area contributed by atoms with E-state index in [0.717, 1.165) is 43.3 Å². The van der Waals surface area contributed by atoms with Gasteiger partial charge in [-0.1, -0.05) is 6.07 Å². The first-order valence-corrected chi connectivity index (χ1v) is 16.1. The molecule has 1 heterocycles. The first-order valence-electron chi connectivity index (χ1n) is 12.3. The van der Waals surface area contributed by atoms with Crippen LogP contribution in [0.1, 0.15) is 27.7 Å². The number of hydrogen-bond acceptors (Lipinski definition) is 6. The Hall–Kier alpha value is -2.92. The second-order valence-electron chi connectivity index (χ2n) is 8.75. The van der Waals surface area contributed by atoms with Crippen molar-refractivity contribution < 1.29 is 25.8 Å². The molecular formula is C27H30ClN2O6S2+. The summed E-state index contributed by atoms with van der Waals surface area (Å²) in [5, 5.41) is 1.55. The predicted octanol–water partition coefficient (Wildman–Crippen LogP) is 5.04. The van der Waals surface area contributed by atoms with E-state index >= 15 is 0 Å². The Morgan fingerprint density at radius 2 is 1.53 bits per heavy atom. The van der Waals surface area contributed by atoms with Gasteiger partial charge in [0, 0.05) is 63.7 Å². The molecule has 202 valence electrons. The fraction of sp³-hybridized carbons (Fsp3) is 0.296. The third-order valence-corrected chi connectivity index (χ3v) is 8.97. The van der Waals surface area contributed by atoms with Crippen molar-refractivity contribution in [3.8, 4) is 22.5 Å². The number of hydrogen-bond donors (Lipinski definition) is 1. The normalized spacial score (nSPS) is 12.3.